The van der Waals surface area contributed by atoms with Crippen LogP contribution in [0.1, 0.15) is 35.8 Å². The average molecular weight is 408 g/mol. The normalized spacial score (nSPS) is 15.9. The van der Waals surface area contributed by atoms with Gasteiger partial charge in [-0.2, -0.15) is 0 Å². The fraction of sp³-hybridized carbons (Fsp3) is 0.250. The summed E-state index contributed by atoms with van der Waals surface area (Å²) in [5.74, 6) is -0.268. The minimum Gasteiger partial charge on any atom is -0.484 e. The van der Waals surface area contributed by atoms with E-state index in [1.165, 1.54) is 36.4 Å². The molecule has 1 aliphatic heterocycles. The zero-order valence-electron chi connectivity index (χ0n) is 16.4. The number of carbonyl (C=O) groups is 1. The second kappa shape index (κ2) is 9.03. The van der Waals surface area contributed by atoms with Gasteiger partial charge in [0.1, 0.15) is 17.4 Å². The Kier molecular flexibility index (Phi) is 6.02. The molecule has 1 aromatic heterocycles. The Balaban J connectivity index is 1.42. The Hall–Kier alpha value is -3.28. The summed E-state index contributed by atoms with van der Waals surface area (Å²) < 4.78 is 31.6. The highest BCUT2D eigenvalue weighted by Gasteiger charge is 2.31. The molecular weight excluding hydrogens is 386 g/mol. The summed E-state index contributed by atoms with van der Waals surface area (Å²) >= 11 is 0. The van der Waals surface area contributed by atoms with Gasteiger partial charge in [-0.15, -0.1) is 0 Å². The van der Waals surface area contributed by atoms with Gasteiger partial charge in [0.05, 0.1) is 11.7 Å². The van der Waals surface area contributed by atoms with Crippen LogP contribution in [0.4, 0.5) is 8.78 Å². The third kappa shape index (κ3) is 4.82. The lowest BCUT2D eigenvalue weighted by Crippen LogP contribution is -2.34. The van der Waals surface area contributed by atoms with Crippen molar-refractivity contribution >= 4 is 5.91 Å². The van der Waals surface area contributed by atoms with Crippen molar-refractivity contribution in [2.24, 2.45) is 0 Å². The van der Waals surface area contributed by atoms with E-state index in [0.29, 0.717) is 18.7 Å². The molecule has 0 N–H and O–H groups in total. The molecule has 0 spiro atoms. The molecule has 30 heavy (non-hydrogen) atoms. The maximum absolute atomic E-state index is 13.1. The highest BCUT2D eigenvalue weighted by molar-refractivity contribution is 5.78. The van der Waals surface area contributed by atoms with Crippen LogP contribution in [0.25, 0.3) is 0 Å². The third-order valence-electron chi connectivity index (χ3n) is 5.22. The van der Waals surface area contributed by atoms with Crippen LogP contribution in [0.2, 0.25) is 0 Å². The van der Waals surface area contributed by atoms with Crippen LogP contribution < -0.4 is 4.74 Å². The summed E-state index contributed by atoms with van der Waals surface area (Å²) in [6.07, 6.45) is 2.34. The summed E-state index contributed by atoms with van der Waals surface area (Å²) in [6, 6.07) is 17.7. The van der Waals surface area contributed by atoms with Gasteiger partial charge in [-0.3, -0.25) is 9.78 Å². The Labute approximate surface area is 174 Å². The Morgan fingerprint density at radius 1 is 1.00 bits per heavy atom. The molecule has 2 aromatic carbocycles. The van der Waals surface area contributed by atoms with Crippen molar-refractivity contribution in [2.45, 2.75) is 25.3 Å². The van der Waals surface area contributed by atoms with Crippen molar-refractivity contribution in [3.63, 3.8) is 0 Å². The highest BCUT2D eigenvalue weighted by atomic mass is 19.1. The molecule has 0 aliphatic carbocycles. The number of halogens is 2. The van der Waals surface area contributed by atoms with E-state index in [9.17, 15) is 13.6 Å². The second-order valence-corrected chi connectivity index (χ2v) is 7.34. The number of carbonyl (C=O) groups excluding carboxylic acids is 1. The maximum Gasteiger partial charge on any atom is 0.261 e. The molecule has 1 atom stereocenters. The molecule has 0 saturated carbocycles. The van der Waals surface area contributed by atoms with Crippen LogP contribution in [0.3, 0.4) is 0 Å². The van der Waals surface area contributed by atoms with Crippen molar-refractivity contribution in [1.29, 1.82) is 0 Å². The van der Waals surface area contributed by atoms with Gasteiger partial charge < -0.3 is 9.64 Å². The van der Waals surface area contributed by atoms with E-state index >= 15 is 0 Å². The van der Waals surface area contributed by atoms with E-state index in [1.54, 1.807) is 17.0 Å². The standard InChI is InChI=1S/C24H22F2N2O2/c25-18-8-6-17(7-9-18)15-20-3-1-4-22(27-20)23-5-2-14-28(23)24(29)16-30-21-12-10-19(26)11-13-21/h1,3-4,6-13,23H,2,5,14-16H2/t23-/m1/s1. The largest absolute Gasteiger partial charge is 0.484 e. The van der Waals surface area contributed by atoms with Crippen LogP contribution in [0, 0.1) is 11.6 Å². The fourth-order valence-corrected chi connectivity index (χ4v) is 3.73. The molecule has 0 unspecified atom stereocenters. The molecule has 0 bridgehead atoms. The third-order valence-corrected chi connectivity index (χ3v) is 5.22. The van der Waals surface area contributed by atoms with Gasteiger partial charge in [-0.05, 0) is 66.9 Å². The van der Waals surface area contributed by atoms with Crippen LogP contribution in [-0.2, 0) is 11.2 Å². The van der Waals surface area contributed by atoms with Gasteiger partial charge in [0.15, 0.2) is 6.61 Å². The van der Waals surface area contributed by atoms with E-state index < -0.39 is 0 Å². The number of rotatable bonds is 6. The van der Waals surface area contributed by atoms with Gasteiger partial charge >= 0.3 is 0 Å². The molecule has 2 heterocycles. The number of pyridine rings is 1. The lowest BCUT2D eigenvalue weighted by Gasteiger charge is -2.24. The number of ether oxygens (including phenoxy) is 1. The molecule has 4 rings (SSSR count). The minimum atomic E-state index is -0.347. The lowest BCUT2D eigenvalue weighted by molar-refractivity contribution is -0.134. The van der Waals surface area contributed by atoms with Gasteiger partial charge in [0, 0.05) is 18.7 Å². The summed E-state index contributed by atoms with van der Waals surface area (Å²) in [5.41, 5.74) is 2.70. The molecule has 1 amide bonds. The van der Waals surface area contributed by atoms with Crippen LogP contribution in [0.15, 0.2) is 66.7 Å². The zero-order chi connectivity index (χ0) is 20.9. The number of benzene rings is 2. The summed E-state index contributed by atoms with van der Waals surface area (Å²) in [7, 11) is 0. The molecular formula is C24H22F2N2O2. The molecule has 6 heteroatoms. The summed E-state index contributed by atoms with van der Waals surface area (Å²) in [5, 5.41) is 0. The highest BCUT2D eigenvalue weighted by Crippen LogP contribution is 2.31. The van der Waals surface area contributed by atoms with Gasteiger partial charge in [0.2, 0.25) is 0 Å². The number of amides is 1. The van der Waals surface area contributed by atoms with Crippen molar-refractivity contribution in [2.75, 3.05) is 13.2 Å². The topological polar surface area (TPSA) is 42.4 Å². The zero-order valence-corrected chi connectivity index (χ0v) is 16.4. The van der Waals surface area contributed by atoms with E-state index in [2.05, 4.69) is 0 Å². The second-order valence-electron chi connectivity index (χ2n) is 7.34. The monoisotopic (exact) mass is 408 g/mol. The van der Waals surface area contributed by atoms with Crippen molar-refractivity contribution < 1.29 is 18.3 Å². The molecule has 1 saturated heterocycles. The molecule has 154 valence electrons. The van der Waals surface area contributed by atoms with Crippen molar-refractivity contribution in [3.05, 3.63) is 95.3 Å². The molecule has 1 fully saturated rings. The lowest BCUT2D eigenvalue weighted by atomic mass is 10.1. The molecule has 0 radical (unpaired) electrons. The predicted octanol–water partition coefficient (Wildman–Crippen LogP) is 4.69. The minimum absolute atomic E-state index is 0.0949. The number of nitrogens with zero attached hydrogens (tertiary/aromatic N) is 2. The van der Waals surface area contributed by atoms with E-state index in [0.717, 1.165) is 29.8 Å². The molecule has 3 aromatic rings. The first-order valence-corrected chi connectivity index (χ1v) is 9.96. The maximum atomic E-state index is 13.1. The summed E-state index contributed by atoms with van der Waals surface area (Å²) in [4.78, 5) is 19.3. The number of likely N-dealkylation sites (tertiary alicyclic amines) is 1. The smallest absolute Gasteiger partial charge is 0.261 e. The molecule has 1 aliphatic rings. The van der Waals surface area contributed by atoms with Gasteiger partial charge in [-0.25, -0.2) is 8.78 Å². The Bertz CT molecular complexity index is 1010. The first-order valence-electron chi connectivity index (χ1n) is 9.96. The Morgan fingerprint density at radius 2 is 1.70 bits per heavy atom. The predicted molar refractivity (Wildman–Crippen MR) is 109 cm³/mol. The molecule has 4 nitrogen and oxygen atoms in total. The average Bonchev–Trinajstić information content (AvgIpc) is 3.25. The first-order chi connectivity index (χ1) is 14.6. The van der Waals surface area contributed by atoms with E-state index in [1.807, 2.05) is 18.2 Å². The van der Waals surface area contributed by atoms with Crippen LogP contribution in [0.5, 0.6) is 5.75 Å². The van der Waals surface area contributed by atoms with Crippen molar-refractivity contribution in [1.82, 2.24) is 9.88 Å². The fourth-order valence-electron chi connectivity index (χ4n) is 3.73. The van der Waals surface area contributed by atoms with Crippen LogP contribution in [-0.4, -0.2) is 28.9 Å². The van der Waals surface area contributed by atoms with Gasteiger partial charge in [-0.1, -0.05) is 18.2 Å². The first kappa shape index (κ1) is 20.0. The Morgan fingerprint density at radius 3 is 2.43 bits per heavy atom. The van der Waals surface area contributed by atoms with Gasteiger partial charge in [0.25, 0.3) is 5.91 Å². The quantitative estimate of drug-likeness (QED) is 0.594. The van der Waals surface area contributed by atoms with Crippen molar-refractivity contribution in [3.8, 4) is 5.75 Å². The van der Waals surface area contributed by atoms with E-state index in [-0.39, 0.29) is 30.2 Å². The number of hydrogen-bond acceptors (Lipinski definition) is 3. The number of aromatic nitrogens is 1. The van der Waals surface area contributed by atoms with Crippen LogP contribution >= 0.6 is 0 Å². The van der Waals surface area contributed by atoms with E-state index in [4.69, 9.17) is 9.72 Å². The summed E-state index contributed by atoms with van der Waals surface area (Å²) in [6.45, 7) is 0.553. The SMILES string of the molecule is O=C(COc1ccc(F)cc1)N1CCC[C@@H]1c1cccc(Cc2ccc(F)cc2)n1. The number of hydrogen-bond donors (Lipinski definition) is 0.